The Morgan fingerprint density at radius 1 is 1.53 bits per heavy atom. The van der Waals surface area contributed by atoms with Crippen molar-refractivity contribution in [1.82, 2.24) is 9.97 Å². The Kier molecular flexibility index (Phi) is 5.11. The minimum Gasteiger partial charge on any atom is -0.320 e. The summed E-state index contributed by atoms with van der Waals surface area (Å²) in [5.41, 5.74) is 5.78. The first-order valence-corrected chi connectivity index (χ1v) is 5.95. The van der Waals surface area contributed by atoms with E-state index >= 15 is 0 Å². The van der Waals surface area contributed by atoms with Crippen LogP contribution in [0.15, 0.2) is 6.33 Å². The van der Waals surface area contributed by atoms with E-state index in [-0.39, 0.29) is 27.8 Å². The summed E-state index contributed by atoms with van der Waals surface area (Å²) in [6.45, 7) is 3.87. The fraction of sp³-hybridized carbons (Fsp3) is 0.500. The van der Waals surface area contributed by atoms with Crippen LogP contribution in [-0.2, 0) is 4.79 Å². The second-order valence-corrected chi connectivity index (χ2v) is 4.46. The van der Waals surface area contributed by atoms with Crippen molar-refractivity contribution in [2.75, 3.05) is 5.32 Å². The van der Waals surface area contributed by atoms with E-state index in [0.717, 1.165) is 6.42 Å². The van der Waals surface area contributed by atoms with Crippen LogP contribution in [0, 0.1) is 5.92 Å². The van der Waals surface area contributed by atoms with Gasteiger partial charge in [-0.05, 0) is 5.92 Å². The van der Waals surface area contributed by atoms with Crippen molar-refractivity contribution in [3.63, 3.8) is 0 Å². The molecule has 0 fully saturated rings. The Balaban J connectivity index is 2.78. The van der Waals surface area contributed by atoms with Crippen LogP contribution in [0.5, 0.6) is 0 Å². The lowest BCUT2D eigenvalue weighted by molar-refractivity contribution is -0.118. The van der Waals surface area contributed by atoms with Crippen molar-refractivity contribution in [3.05, 3.63) is 16.5 Å². The molecule has 94 valence electrons. The van der Waals surface area contributed by atoms with Crippen LogP contribution < -0.4 is 11.1 Å². The molecule has 2 atom stereocenters. The Bertz CT molecular complexity index is 413. The minimum atomic E-state index is -0.607. The summed E-state index contributed by atoms with van der Waals surface area (Å²) < 4.78 is 0. The SMILES string of the molecule is CCC(C)C(N)C(=O)Nc1ncnc(Cl)c1Cl. The van der Waals surface area contributed by atoms with Crippen molar-refractivity contribution in [2.24, 2.45) is 11.7 Å². The van der Waals surface area contributed by atoms with Gasteiger partial charge in [0.15, 0.2) is 11.0 Å². The Morgan fingerprint density at radius 3 is 2.76 bits per heavy atom. The van der Waals surface area contributed by atoms with Crippen molar-refractivity contribution in [1.29, 1.82) is 0 Å². The van der Waals surface area contributed by atoms with Crippen molar-refractivity contribution < 1.29 is 4.79 Å². The predicted molar refractivity (Wildman–Crippen MR) is 68.1 cm³/mol. The third-order valence-electron chi connectivity index (χ3n) is 2.55. The van der Waals surface area contributed by atoms with E-state index in [0.29, 0.717) is 0 Å². The molecule has 3 N–H and O–H groups in total. The van der Waals surface area contributed by atoms with E-state index in [1.165, 1.54) is 6.33 Å². The number of carbonyl (C=O) groups excluding carboxylic acids is 1. The number of carbonyl (C=O) groups is 1. The van der Waals surface area contributed by atoms with Gasteiger partial charge in [0, 0.05) is 0 Å². The summed E-state index contributed by atoms with van der Waals surface area (Å²) in [5.74, 6) is -0.0856. The van der Waals surface area contributed by atoms with Gasteiger partial charge in [0.2, 0.25) is 5.91 Å². The molecule has 1 amide bonds. The van der Waals surface area contributed by atoms with E-state index in [2.05, 4.69) is 15.3 Å². The van der Waals surface area contributed by atoms with Gasteiger partial charge in [0.05, 0.1) is 6.04 Å². The van der Waals surface area contributed by atoms with Crippen LogP contribution in [0.3, 0.4) is 0 Å². The van der Waals surface area contributed by atoms with Crippen molar-refractivity contribution in [2.45, 2.75) is 26.3 Å². The molecule has 1 rings (SSSR count). The third-order valence-corrected chi connectivity index (χ3v) is 3.29. The number of nitrogens with one attached hydrogen (secondary N) is 1. The quantitative estimate of drug-likeness (QED) is 0.826. The van der Waals surface area contributed by atoms with E-state index in [4.69, 9.17) is 28.9 Å². The zero-order valence-electron chi connectivity index (χ0n) is 9.58. The highest BCUT2D eigenvalue weighted by molar-refractivity contribution is 6.42. The largest absolute Gasteiger partial charge is 0.320 e. The molecule has 0 aliphatic heterocycles. The summed E-state index contributed by atoms with van der Waals surface area (Å²) in [5, 5.41) is 2.74. The zero-order valence-corrected chi connectivity index (χ0v) is 11.1. The second kappa shape index (κ2) is 6.14. The first-order valence-electron chi connectivity index (χ1n) is 5.19. The predicted octanol–water partition coefficient (Wildman–Crippen LogP) is 2.10. The lowest BCUT2D eigenvalue weighted by atomic mass is 9.99. The fourth-order valence-electron chi connectivity index (χ4n) is 1.15. The molecule has 2 unspecified atom stereocenters. The Labute approximate surface area is 110 Å². The molecule has 17 heavy (non-hydrogen) atoms. The average Bonchev–Trinajstić information content (AvgIpc) is 2.32. The van der Waals surface area contributed by atoms with E-state index in [9.17, 15) is 4.79 Å². The molecule has 0 aliphatic carbocycles. The molecule has 5 nitrogen and oxygen atoms in total. The number of amides is 1. The van der Waals surface area contributed by atoms with Crippen LogP contribution in [0.1, 0.15) is 20.3 Å². The first-order chi connectivity index (χ1) is 7.97. The molecule has 1 aromatic rings. The van der Waals surface area contributed by atoms with Gasteiger partial charge in [0.1, 0.15) is 11.3 Å². The number of nitrogens with two attached hydrogens (primary N) is 1. The maximum atomic E-state index is 11.8. The van der Waals surface area contributed by atoms with Crippen LogP contribution in [0.2, 0.25) is 10.2 Å². The van der Waals surface area contributed by atoms with Gasteiger partial charge < -0.3 is 11.1 Å². The van der Waals surface area contributed by atoms with E-state index < -0.39 is 6.04 Å². The zero-order chi connectivity index (χ0) is 13.0. The summed E-state index contributed by atoms with van der Waals surface area (Å²) in [6, 6.07) is -0.607. The summed E-state index contributed by atoms with van der Waals surface area (Å²) in [4.78, 5) is 19.3. The number of nitrogens with zero attached hydrogens (tertiary/aromatic N) is 2. The Morgan fingerprint density at radius 2 is 2.18 bits per heavy atom. The topological polar surface area (TPSA) is 80.9 Å². The molecule has 0 aromatic carbocycles. The number of halogens is 2. The van der Waals surface area contributed by atoms with Gasteiger partial charge in [0.25, 0.3) is 0 Å². The molecule has 7 heteroatoms. The summed E-state index contributed by atoms with van der Waals surface area (Å²) in [7, 11) is 0. The highest BCUT2D eigenvalue weighted by atomic mass is 35.5. The van der Waals surface area contributed by atoms with Crippen LogP contribution in [-0.4, -0.2) is 21.9 Å². The number of anilines is 1. The highest BCUT2D eigenvalue weighted by Gasteiger charge is 2.21. The van der Waals surface area contributed by atoms with Gasteiger partial charge in [-0.2, -0.15) is 0 Å². The lowest BCUT2D eigenvalue weighted by Gasteiger charge is -2.17. The van der Waals surface area contributed by atoms with Crippen LogP contribution in [0.25, 0.3) is 0 Å². The smallest absolute Gasteiger partial charge is 0.242 e. The standard InChI is InChI=1S/C10H14Cl2N4O/c1-3-5(2)7(13)10(17)16-9-6(11)8(12)14-4-15-9/h4-5,7H,3,13H2,1-2H3,(H,14,15,16,17). The first kappa shape index (κ1) is 14.2. The molecule has 0 spiro atoms. The monoisotopic (exact) mass is 276 g/mol. The molecule has 0 saturated carbocycles. The fourth-order valence-corrected chi connectivity index (χ4v) is 1.43. The van der Waals surface area contributed by atoms with Gasteiger partial charge in [-0.3, -0.25) is 4.79 Å². The summed E-state index contributed by atoms with van der Waals surface area (Å²) in [6.07, 6.45) is 2.03. The lowest BCUT2D eigenvalue weighted by Crippen LogP contribution is -2.40. The molecule has 1 heterocycles. The number of rotatable bonds is 4. The van der Waals surface area contributed by atoms with E-state index in [1.54, 1.807) is 0 Å². The number of hydrogen-bond acceptors (Lipinski definition) is 4. The van der Waals surface area contributed by atoms with Crippen molar-refractivity contribution >= 4 is 34.9 Å². The minimum absolute atomic E-state index is 0.0751. The van der Waals surface area contributed by atoms with Crippen LogP contribution >= 0.6 is 23.2 Å². The van der Waals surface area contributed by atoms with E-state index in [1.807, 2.05) is 13.8 Å². The second-order valence-electron chi connectivity index (χ2n) is 3.73. The summed E-state index contributed by atoms with van der Waals surface area (Å²) >= 11 is 11.5. The maximum absolute atomic E-state index is 11.8. The van der Waals surface area contributed by atoms with Gasteiger partial charge >= 0.3 is 0 Å². The third kappa shape index (κ3) is 3.52. The normalized spacial score (nSPS) is 14.2. The van der Waals surface area contributed by atoms with Crippen molar-refractivity contribution in [3.8, 4) is 0 Å². The Hall–Kier alpha value is -0.910. The van der Waals surface area contributed by atoms with Gasteiger partial charge in [-0.1, -0.05) is 43.5 Å². The van der Waals surface area contributed by atoms with Gasteiger partial charge in [-0.25, -0.2) is 9.97 Å². The maximum Gasteiger partial charge on any atom is 0.242 e. The molecule has 0 bridgehead atoms. The molecule has 0 saturated heterocycles. The molecular formula is C10H14Cl2N4O. The number of aromatic nitrogens is 2. The van der Waals surface area contributed by atoms with Crippen LogP contribution in [0.4, 0.5) is 5.82 Å². The molecular weight excluding hydrogens is 263 g/mol. The van der Waals surface area contributed by atoms with Gasteiger partial charge in [-0.15, -0.1) is 0 Å². The molecule has 1 aromatic heterocycles. The highest BCUT2D eigenvalue weighted by Crippen LogP contribution is 2.25. The molecule has 0 aliphatic rings. The molecule has 0 radical (unpaired) electrons. The number of hydrogen-bond donors (Lipinski definition) is 2. The average molecular weight is 277 g/mol.